The minimum atomic E-state index is -0.490. The van der Waals surface area contributed by atoms with Gasteiger partial charge in [-0.3, -0.25) is 14.4 Å². The maximum absolute atomic E-state index is 12.5. The zero-order chi connectivity index (χ0) is 19.3. The van der Waals surface area contributed by atoms with E-state index in [1.165, 1.54) is 11.3 Å². The molecule has 1 aromatic heterocycles. The highest BCUT2D eigenvalue weighted by molar-refractivity contribution is 7.17. The van der Waals surface area contributed by atoms with E-state index in [2.05, 4.69) is 10.6 Å². The van der Waals surface area contributed by atoms with E-state index in [-0.39, 0.29) is 30.9 Å². The molecule has 1 aromatic rings. The summed E-state index contributed by atoms with van der Waals surface area (Å²) in [6.07, 6.45) is 3.90. The smallest absolute Gasteiger partial charge is 0.280 e. The number of nitrogens with two attached hydrogens (primary N) is 1. The fraction of sp³-hybridized carbons (Fsp3) is 0.611. The molecular formula is C18H29N4O3S+. The van der Waals surface area contributed by atoms with E-state index >= 15 is 0 Å². The van der Waals surface area contributed by atoms with Gasteiger partial charge in [0.05, 0.1) is 12.1 Å². The third kappa shape index (κ3) is 5.28. The van der Waals surface area contributed by atoms with Gasteiger partial charge < -0.3 is 21.3 Å². The maximum Gasteiger partial charge on any atom is 0.280 e. The van der Waals surface area contributed by atoms with Gasteiger partial charge in [-0.05, 0) is 52.0 Å². The number of amides is 3. The van der Waals surface area contributed by atoms with Gasteiger partial charge in [0.25, 0.3) is 17.7 Å². The molecule has 0 bridgehead atoms. The number of thiophene rings is 1. The first-order chi connectivity index (χ1) is 12.3. The van der Waals surface area contributed by atoms with Crippen LogP contribution in [0.4, 0.5) is 5.00 Å². The minimum Gasteiger partial charge on any atom is -0.365 e. The molecule has 144 valence electrons. The summed E-state index contributed by atoms with van der Waals surface area (Å²) in [5.41, 5.74) is 7.02. The van der Waals surface area contributed by atoms with Gasteiger partial charge in [0, 0.05) is 10.9 Å². The Balaban J connectivity index is 2.03. The van der Waals surface area contributed by atoms with E-state index in [4.69, 9.17) is 5.73 Å². The van der Waals surface area contributed by atoms with Crippen molar-refractivity contribution in [3.05, 3.63) is 16.0 Å². The lowest BCUT2D eigenvalue weighted by Gasteiger charge is -2.17. The number of quaternary nitrogens is 1. The van der Waals surface area contributed by atoms with E-state index in [1.807, 2.05) is 20.8 Å². The summed E-state index contributed by atoms with van der Waals surface area (Å²) in [6.45, 7) is 6.81. The summed E-state index contributed by atoms with van der Waals surface area (Å²) in [4.78, 5) is 38.3. The Bertz CT molecular complexity index is 684. The summed E-state index contributed by atoms with van der Waals surface area (Å²) in [7, 11) is 0. The standard InChI is InChI=1S/C18H28N4O3S/c1-4-22(9-14(23)20-11(2)3)10-15(24)21-18-16(17(19)25)12-7-5-6-8-13(12)26-18/h11H,4-10H2,1-3H3,(H2,19,25)(H,20,23)(H,21,24)/p+1. The number of carbonyl (C=O) groups is 3. The molecule has 0 fully saturated rings. The molecule has 1 aliphatic carbocycles. The van der Waals surface area contributed by atoms with Gasteiger partial charge in [0.2, 0.25) is 0 Å². The Kier molecular flexibility index (Phi) is 7.16. The van der Waals surface area contributed by atoms with E-state index in [0.29, 0.717) is 17.1 Å². The molecule has 0 aromatic carbocycles. The van der Waals surface area contributed by atoms with Crippen molar-refractivity contribution in [1.29, 1.82) is 0 Å². The average Bonchev–Trinajstić information content (AvgIpc) is 2.90. The van der Waals surface area contributed by atoms with Crippen LogP contribution in [0.15, 0.2) is 0 Å². The predicted octanol–water partition coefficient (Wildman–Crippen LogP) is 0.0937. The van der Waals surface area contributed by atoms with Crippen LogP contribution in [0.25, 0.3) is 0 Å². The second kappa shape index (κ2) is 9.14. The molecular weight excluding hydrogens is 352 g/mol. The Morgan fingerprint density at radius 1 is 1.15 bits per heavy atom. The lowest BCUT2D eigenvalue weighted by Crippen LogP contribution is -3.14. The Morgan fingerprint density at radius 3 is 2.42 bits per heavy atom. The van der Waals surface area contributed by atoms with Crippen LogP contribution < -0.4 is 21.3 Å². The zero-order valence-corrected chi connectivity index (χ0v) is 16.6. The van der Waals surface area contributed by atoms with Crippen LogP contribution in [0.1, 0.15) is 54.4 Å². The fourth-order valence-electron chi connectivity index (χ4n) is 3.23. The predicted molar refractivity (Wildman–Crippen MR) is 103 cm³/mol. The second-order valence-corrected chi connectivity index (χ2v) is 8.11. The molecule has 1 atom stereocenters. The van der Waals surface area contributed by atoms with Crippen LogP contribution in [0, 0.1) is 0 Å². The Morgan fingerprint density at radius 2 is 1.81 bits per heavy atom. The fourth-order valence-corrected chi connectivity index (χ4v) is 4.54. The van der Waals surface area contributed by atoms with Gasteiger partial charge in [-0.15, -0.1) is 11.3 Å². The highest BCUT2D eigenvalue weighted by atomic mass is 32.1. The highest BCUT2D eigenvalue weighted by Crippen LogP contribution is 2.37. The first kappa shape index (κ1) is 20.4. The first-order valence-corrected chi connectivity index (χ1v) is 10.0. The number of anilines is 1. The summed E-state index contributed by atoms with van der Waals surface area (Å²) in [5, 5.41) is 6.24. The molecule has 0 aliphatic heterocycles. The van der Waals surface area contributed by atoms with Crippen molar-refractivity contribution in [2.75, 3.05) is 25.0 Å². The van der Waals surface area contributed by atoms with Crippen molar-refractivity contribution >= 4 is 34.1 Å². The molecule has 1 heterocycles. The van der Waals surface area contributed by atoms with Crippen molar-refractivity contribution in [3.63, 3.8) is 0 Å². The highest BCUT2D eigenvalue weighted by Gasteiger charge is 2.26. The number of hydrogen-bond donors (Lipinski definition) is 4. The number of carbonyl (C=O) groups excluding carboxylic acids is 3. The number of nitrogens with one attached hydrogen (secondary N) is 3. The molecule has 0 saturated carbocycles. The van der Waals surface area contributed by atoms with E-state index in [9.17, 15) is 14.4 Å². The Labute approximate surface area is 158 Å². The number of hydrogen-bond acceptors (Lipinski definition) is 4. The van der Waals surface area contributed by atoms with Crippen LogP contribution in [-0.2, 0) is 22.4 Å². The van der Waals surface area contributed by atoms with Gasteiger partial charge in [0.15, 0.2) is 13.1 Å². The number of rotatable bonds is 8. The average molecular weight is 382 g/mol. The van der Waals surface area contributed by atoms with Crippen molar-refractivity contribution < 1.29 is 19.3 Å². The van der Waals surface area contributed by atoms with Gasteiger partial charge in [0.1, 0.15) is 5.00 Å². The number of primary amides is 1. The van der Waals surface area contributed by atoms with Crippen molar-refractivity contribution in [2.45, 2.75) is 52.5 Å². The molecule has 5 N–H and O–H groups in total. The van der Waals surface area contributed by atoms with Crippen LogP contribution >= 0.6 is 11.3 Å². The molecule has 0 radical (unpaired) electrons. The molecule has 1 unspecified atom stereocenters. The first-order valence-electron chi connectivity index (χ1n) is 9.18. The second-order valence-electron chi connectivity index (χ2n) is 7.01. The molecule has 2 rings (SSSR count). The van der Waals surface area contributed by atoms with Crippen LogP contribution in [-0.4, -0.2) is 43.4 Å². The lowest BCUT2D eigenvalue weighted by molar-refractivity contribution is -0.881. The van der Waals surface area contributed by atoms with Gasteiger partial charge in [-0.25, -0.2) is 0 Å². The number of likely N-dealkylation sites (N-methyl/N-ethyl adjacent to an activating group) is 1. The molecule has 1 aliphatic rings. The van der Waals surface area contributed by atoms with Gasteiger partial charge in [-0.1, -0.05) is 0 Å². The largest absolute Gasteiger partial charge is 0.365 e. The zero-order valence-electron chi connectivity index (χ0n) is 15.7. The molecule has 0 saturated heterocycles. The monoisotopic (exact) mass is 381 g/mol. The van der Waals surface area contributed by atoms with Crippen molar-refractivity contribution in [3.8, 4) is 0 Å². The Hall–Kier alpha value is -1.93. The van der Waals surface area contributed by atoms with E-state index in [1.54, 1.807) is 0 Å². The van der Waals surface area contributed by atoms with Gasteiger partial charge >= 0.3 is 0 Å². The van der Waals surface area contributed by atoms with Crippen LogP contribution in [0.2, 0.25) is 0 Å². The SMILES string of the molecule is CC[NH+](CC(=O)Nc1sc2c(c1C(N)=O)CCCC2)CC(=O)NC(C)C. The van der Waals surface area contributed by atoms with Gasteiger partial charge in [-0.2, -0.15) is 0 Å². The third-order valence-electron chi connectivity index (χ3n) is 4.44. The van der Waals surface area contributed by atoms with E-state index in [0.717, 1.165) is 41.0 Å². The molecule has 0 spiro atoms. The molecule has 8 heteroatoms. The van der Waals surface area contributed by atoms with Crippen molar-refractivity contribution in [2.24, 2.45) is 5.73 Å². The minimum absolute atomic E-state index is 0.0741. The van der Waals surface area contributed by atoms with E-state index < -0.39 is 5.91 Å². The number of fused-ring (bicyclic) bond motifs is 1. The summed E-state index contributed by atoms with van der Waals surface area (Å²) < 4.78 is 0. The van der Waals surface area contributed by atoms with Crippen LogP contribution in [0.5, 0.6) is 0 Å². The molecule has 26 heavy (non-hydrogen) atoms. The van der Waals surface area contributed by atoms with Crippen molar-refractivity contribution in [1.82, 2.24) is 5.32 Å². The lowest BCUT2D eigenvalue weighted by atomic mass is 9.95. The van der Waals surface area contributed by atoms with Crippen LogP contribution in [0.3, 0.4) is 0 Å². The maximum atomic E-state index is 12.5. The number of aryl methyl sites for hydroxylation is 1. The third-order valence-corrected chi connectivity index (χ3v) is 5.65. The summed E-state index contributed by atoms with van der Waals surface area (Å²) in [6, 6.07) is 0.0741. The quantitative estimate of drug-likeness (QED) is 0.513. The summed E-state index contributed by atoms with van der Waals surface area (Å²) in [5.74, 6) is -0.773. The normalized spacial score (nSPS) is 14.6. The molecule has 3 amide bonds. The molecule has 7 nitrogen and oxygen atoms in total. The topological polar surface area (TPSA) is 106 Å². The summed E-state index contributed by atoms with van der Waals surface area (Å²) >= 11 is 1.45.